The standard InChI is InChI=1S/C13H22N4O4S2/c1-3-23(19,20)10(2)12(18)14-13-16-15-11(22-13)4-5-17-6-8-21-9-7-17/h10H,3-9H2,1-2H3,(H,14,16,18). The van der Waals surface area contributed by atoms with E-state index in [1.54, 1.807) is 0 Å². The third-order valence-electron chi connectivity index (χ3n) is 3.75. The fourth-order valence-electron chi connectivity index (χ4n) is 2.10. The number of nitrogens with zero attached hydrogens (tertiary/aromatic N) is 3. The largest absolute Gasteiger partial charge is 0.379 e. The highest BCUT2D eigenvalue weighted by atomic mass is 32.2. The molecule has 1 N–H and O–H groups in total. The average Bonchev–Trinajstić information content (AvgIpc) is 3.00. The minimum absolute atomic E-state index is 0.0670. The topological polar surface area (TPSA) is 101 Å². The van der Waals surface area contributed by atoms with Gasteiger partial charge in [0.05, 0.1) is 13.2 Å². The summed E-state index contributed by atoms with van der Waals surface area (Å²) in [6.45, 7) is 7.10. The number of hydrogen-bond donors (Lipinski definition) is 1. The van der Waals surface area contributed by atoms with Crippen molar-refractivity contribution in [2.45, 2.75) is 25.5 Å². The molecule has 1 saturated heterocycles. The SMILES string of the molecule is CCS(=O)(=O)C(C)C(=O)Nc1nnc(CCN2CCOCC2)s1. The zero-order chi connectivity index (χ0) is 16.9. The molecule has 130 valence electrons. The Morgan fingerprint density at radius 1 is 1.39 bits per heavy atom. The Balaban J connectivity index is 1.85. The lowest BCUT2D eigenvalue weighted by Gasteiger charge is -2.25. The molecule has 1 atom stereocenters. The van der Waals surface area contributed by atoms with Gasteiger partial charge < -0.3 is 4.74 Å². The summed E-state index contributed by atoms with van der Waals surface area (Å²) in [6.07, 6.45) is 0.746. The number of amides is 1. The number of rotatable bonds is 7. The van der Waals surface area contributed by atoms with Crippen molar-refractivity contribution >= 4 is 32.2 Å². The van der Waals surface area contributed by atoms with Crippen LogP contribution >= 0.6 is 11.3 Å². The summed E-state index contributed by atoms with van der Waals surface area (Å²) in [5.41, 5.74) is 0. The van der Waals surface area contributed by atoms with Crippen LogP contribution in [-0.2, 0) is 25.8 Å². The van der Waals surface area contributed by atoms with E-state index >= 15 is 0 Å². The molecule has 1 aromatic heterocycles. The van der Waals surface area contributed by atoms with E-state index in [0.29, 0.717) is 5.13 Å². The van der Waals surface area contributed by atoms with Gasteiger partial charge in [0.2, 0.25) is 11.0 Å². The van der Waals surface area contributed by atoms with E-state index in [1.807, 2.05) is 0 Å². The molecule has 1 aliphatic heterocycles. The molecule has 0 bridgehead atoms. The van der Waals surface area contributed by atoms with E-state index in [9.17, 15) is 13.2 Å². The van der Waals surface area contributed by atoms with Gasteiger partial charge in [0.1, 0.15) is 10.3 Å². The van der Waals surface area contributed by atoms with Crippen LogP contribution in [0.3, 0.4) is 0 Å². The van der Waals surface area contributed by atoms with Gasteiger partial charge in [0.25, 0.3) is 0 Å². The molecule has 0 radical (unpaired) electrons. The molecule has 1 aromatic rings. The van der Waals surface area contributed by atoms with Crippen LogP contribution in [0.5, 0.6) is 0 Å². The normalized spacial score (nSPS) is 17.8. The number of carbonyl (C=O) groups excluding carboxylic acids is 1. The summed E-state index contributed by atoms with van der Waals surface area (Å²) in [6, 6.07) is 0. The molecule has 0 saturated carbocycles. The van der Waals surface area contributed by atoms with Crippen molar-refractivity contribution < 1.29 is 17.9 Å². The molecule has 0 spiro atoms. The molecule has 23 heavy (non-hydrogen) atoms. The lowest BCUT2D eigenvalue weighted by molar-refractivity contribution is -0.115. The lowest BCUT2D eigenvalue weighted by Crippen LogP contribution is -2.37. The van der Waals surface area contributed by atoms with Gasteiger partial charge in [-0.25, -0.2) is 8.42 Å². The monoisotopic (exact) mass is 362 g/mol. The summed E-state index contributed by atoms with van der Waals surface area (Å²) in [5, 5.41) is 10.6. The maximum atomic E-state index is 12.0. The fourth-order valence-corrected chi connectivity index (χ4v) is 3.72. The van der Waals surface area contributed by atoms with Gasteiger partial charge in [-0.1, -0.05) is 18.3 Å². The third-order valence-corrected chi connectivity index (χ3v) is 6.75. The van der Waals surface area contributed by atoms with E-state index < -0.39 is 21.0 Å². The molecule has 0 aromatic carbocycles. The first-order valence-corrected chi connectivity index (χ1v) is 10.1. The summed E-state index contributed by atoms with van der Waals surface area (Å²) in [5.74, 6) is -0.634. The zero-order valence-electron chi connectivity index (χ0n) is 13.3. The molecule has 1 unspecified atom stereocenters. The highest BCUT2D eigenvalue weighted by Gasteiger charge is 2.27. The molecule has 2 rings (SSSR count). The molecule has 0 aliphatic carbocycles. The van der Waals surface area contributed by atoms with Crippen molar-refractivity contribution in [3.8, 4) is 0 Å². The fraction of sp³-hybridized carbons (Fsp3) is 0.769. The second kappa shape index (κ2) is 8.13. The molecular weight excluding hydrogens is 340 g/mol. The summed E-state index contributed by atoms with van der Waals surface area (Å²) in [4.78, 5) is 14.2. The number of ether oxygens (including phenoxy) is 1. The summed E-state index contributed by atoms with van der Waals surface area (Å²) in [7, 11) is -3.41. The van der Waals surface area contributed by atoms with Crippen molar-refractivity contribution in [1.82, 2.24) is 15.1 Å². The second-order valence-corrected chi connectivity index (χ2v) is 8.96. The smallest absolute Gasteiger partial charge is 0.244 e. The van der Waals surface area contributed by atoms with Crippen LogP contribution in [0.1, 0.15) is 18.9 Å². The third kappa shape index (κ3) is 5.20. The van der Waals surface area contributed by atoms with E-state index in [1.165, 1.54) is 25.2 Å². The van der Waals surface area contributed by atoms with Crippen molar-refractivity contribution in [1.29, 1.82) is 0 Å². The number of carbonyl (C=O) groups is 1. The van der Waals surface area contributed by atoms with Crippen molar-refractivity contribution in [3.63, 3.8) is 0 Å². The van der Waals surface area contributed by atoms with Crippen molar-refractivity contribution in [2.24, 2.45) is 0 Å². The van der Waals surface area contributed by atoms with Crippen LogP contribution in [0.15, 0.2) is 0 Å². The maximum absolute atomic E-state index is 12.0. The molecule has 1 amide bonds. The van der Waals surface area contributed by atoms with Crippen LogP contribution in [0.25, 0.3) is 0 Å². The first-order chi connectivity index (χ1) is 10.9. The van der Waals surface area contributed by atoms with Crippen LogP contribution in [0.4, 0.5) is 5.13 Å². The minimum Gasteiger partial charge on any atom is -0.379 e. The highest BCUT2D eigenvalue weighted by molar-refractivity contribution is 7.92. The molecule has 1 aliphatic rings. The van der Waals surface area contributed by atoms with E-state index in [0.717, 1.165) is 44.3 Å². The zero-order valence-corrected chi connectivity index (χ0v) is 15.0. The van der Waals surface area contributed by atoms with Crippen LogP contribution in [0.2, 0.25) is 0 Å². The highest BCUT2D eigenvalue weighted by Crippen LogP contribution is 2.17. The molecule has 2 heterocycles. The lowest BCUT2D eigenvalue weighted by atomic mass is 10.3. The van der Waals surface area contributed by atoms with E-state index in [2.05, 4.69) is 20.4 Å². The average molecular weight is 362 g/mol. The number of anilines is 1. The Morgan fingerprint density at radius 3 is 2.74 bits per heavy atom. The van der Waals surface area contributed by atoms with Crippen molar-refractivity contribution in [3.05, 3.63) is 5.01 Å². The Labute approximate surface area is 140 Å². The second-order valence-electron chi connectivity index (χ2n) is 5.29. The Morgan fingerprint density at radius 2 is 2.09 bits per heavy atom. The number of hydrogen-bond acceptors (Lipinski definition) is 8. The van der Waals surface area contributed by atoms with Gasteiger partial charge in [0.15, 0.2) is 9.84 Å². The maximum Gasteiger partial charge on any atom is 0.244 e. The quantitative estimate of drug-likeness (QED) is 0.738. The number of sulfone groups is 1. The van der Waals surface area contributed by atoms with E-state index in [4.69, 9.17) is 4.74 Å². The van der Waals surface area contributed by atoms with Gasteiger partial charge in [-0.3, -0.25) is 15.0 Å². The minimum atomic E-state index is -3.41. The molecule has 10 heteroatoms. The van der Waals surface area contributed by atoms with Gasteiger partial charge in [-0.2, -0.15) is 0 Å². The summed E-state index contributed by atoms with van der Waals surface area (Å²) >= 11 is 1.28. The summed E-state index contributed by atoms with van der Waals surface area (Å²) < 4.78 is 28.7. The molecule has 1 fully saturated rings. The Kier molecular flexibility index (Phi) is 6.45. The number of nitrogens with one attached hydrogen (secondary N) is 1. The first-order valence-electron chi connectivity index (χ1n) is 7.57. The van der Waals surface area contributed by atoms with Gasteiger partial charge >= 0.3 is 0 Å². The first kappa shape index (κ1) is 18.2. The Bertz CT molecular complexity index is 626. The number of aromatic nitrogens is 2. The Hall–Kier alpha value is -1.10. The van der Waals surface area contributed by atoms with Gasteiger partial charge in [0, 0.05) is 31.8 Å². The molecule has 8 nitrogen and oxygen atoms in total. The van der Waals surface area contributed by atoms with Crippen LogP contribution in [0, 0.1) is 0 Å². The van der Waals surface area contributed by atoms with Gasteiger partial charge in [-0.05, 0) is 6.92 Å². The number of morpholine rings is 1. The van der Waals surface area contributed by atoms with E-state index in [-0.39, 0.29) is 5.75 Å². The predicted octanol–water partition coefficient (Wildman–Crippen LogP) is 0.175. The molecular formula is C13H22N4O4S2. The van der Waals surface area contributed by atoms with Crippen molar-refractivity contribution in [2.75, 3.05) is 43.9 Å². The van der Waals surface area contributed by atoms with Crippen LogP contribution < -0.4 is 5.32 Å². The predicted molar refractivity (Wildman–Crippen MR) is 88.4 cm³/mol. The van der Waals surface area contributed by atoms with Crippen LogP contribution in [-0.4, -0.2) is 73.3 Å². The van der Waals surface area contributed by atoms with Gasteiger partial charge in [-0.15, -0.1) is 10.2 Å².